The van der Waals surface area contributed by atoms with Crippen molar-refractivity contribution in [1.82, 2.24) is 19.9 Å². The molecule has 2 aromatic carbocycles. The SMILES string of the molecule is Cc1nc(CSc2ccccc2C(=O)N2CCN(Cc3ccc(Cl)cc3)CC2)no1. The molecule has 0 N–H and O–H groups in total. The fourth-order valence-corrected chi connectivity index (χ4v) is 4.45. The molecule has 0 spiro atoms. The standard InChI is InChI=1S/C22H23ClN4O2S/c1-16-24-21(25-29-16)15-30-20-5-3-2-4-19(20)22(28)27-12-10-26(11-13-27)14-17-6-8-18(23)9-7-17/h2-9H,10-15H2,1H3. The van der Waals surface area contributed by atoms with Crippen LogP contribution in [-0.4, -0.2) is 52.0 Å². The summed E-state index contributed by atoms with van der Waals surface area (Å²) in [6.45, 7) is 5.78. The maximum atomic E-state index is 13.2. The number of hydrogen-bond acceptors (Lipinski definition) is 6. The highest BCUT2D eigenvalue weighted by Gasteiger charge is 2.24. The molecular weight excluding hydrogens is 420 g/mol. The number of carbonyl (C=O) groups excluding carboxylic acids is 1. The number of aryl methyl sites for hydroxylation is 1. The molecule has 6 nitrogen and oxygen atoms in total. The minimum absolute atomic E-state index is 0.0773. The number of aromatic nitrogens is 2. The van der Waals surface area contributed by atoms with Gasteiger partial charge >= 0.3 is 0 Å². The molecule has 156 valence electrons. The first kappa shape index (κ1) is 20.9. The second-order valence-electron chi connectivity index (χ2n) is 7.21. The van der Waals surface area contributed by atoms with Crippen molar-refractivity contribution in [3.8, 4) is 0 Å². The molecule has 0 radical (unpaired) electrons. The van der Waals surface area contributed by atoms with E-state index in [0.717, 1.165) is 48.2 Å². The molecule has 1 saturated heterocycles. The molecular formula is C22H23ClN4O2S. The normalized spacial score (nSPS) is 14.8. The molecule has 0 aliphatic carbocycles. The molecule has 1 aliphatic rings. The Balaban J connectivity index is 1.35. The Labute approximate surface area is 185 Å². The third-order valence-corrected chi connectivity index (χ3v) is 6.34. The molecule has 1 amide bonds. The van der Waals surface area contributed by atoms with Gasteiger partial charge in [0.1, 0.15) is 0 Å². The highest BCUT2D eigenvalue weighted by atomic mass is 35.5. The molecule has 8 heteroatoms. The second-order valence-corrected chi connectivity index (χ2v) is 8.66. The van der Waals surface area contributed by atoms with Crippen LogP contribution in [-0.2, 0) is 12.3 Å². The van der Waals surface area contributed by atoms with Crippen molar-refractivity contribution in [2.75, 3.05) is 26.2 Å². The van der Waals surface area contributed by atoms with E-state index in [4.69, 9.17) is 16.1 Å². The molecule has 1 fully saturated rings. The summed E-state index contributed by atoms with van der Waals surface area (Å²) in [5.41, 5.74) is 1.96. The van der Waals surface area contributed by atoms with Gasteiger partial charge in [-0.3, -0.25) is 9.69 Å². The van der Waals surface area contributed by atoms with Gasteiger partial charge < -0.3 is 9.42 Å². The van der Waals surface area contributed by atoms with Crippen LogP contribution in [0, 0.1) is 6.92 Å². The molecule has 0 unspecified atom stereocenters. The predicted molar refractivity (Wildman–Crippen MR) is 118 cm³/mol. The monoisotopic (exact) mass is 442 g/mol. The lowest BCUT2D eigenvalue weighted by atomic mass is 10.1. The van der Waals surface area contributed by atoms with Gasteiger partial charge in [-0.15, -0.1) is 11.8 Å². The maximum absolute atomic E-state index is 13.2. The Hall–Kier alpha value is -2.35. The van der Waals surface area contributed by atoms with E-state index < -0.39 is 0 Å². The van der Waals surface area contributed by atoms with Gasteiger partial charge in [-0.05, 0) is 29.8 Å². The van der Waals surface area contributed by atoms with Crippen LogP contribution >= 0.6 is 23.4 Å². The van der Waals surface area contributed by atoms with Crippen LogP contribution < -0.4 is 0 Å². The van der Waals surface area contributed by atoms with Crippen molar-refractivity contribution in [1.29, 1.82) is 0 Å². The number of benzene rings is 2. The number of carbonyl (C=O) groups is 1. The van der Waals surface area contributed by atoms with Gasteiger partial charge in [0.2, 0.25) is 5.89 Å². The highest BCUT2D eigenvalue weighted by molar-refractivity contribution is 7.98. The van der Waals surface area contributed by atoms with Crippen molar-refractivity contribution in [2.24, 2.45) is 0 Å². The molecule has 0 saturated carbocycles. The van der Waals surface area contributed by atoms with Crippen molar-refractivity contribution < 1.29 is 9.32 Å². The summed E-state index contributed by atoms with van der Waals surface area (Å²) in [7, 11) is 0. The summed E-state index contributed by atoms with van der Waals surface area (Å²) in [6.07, 6.45) is 0. The second kappa shape index (κ2) is 9.64. The van der Waals surface area contributed by atoms with Gasteiger partial charge in [-0.2, -0.15) is 4.98 Å². The van der Waals surface area contributed by atoms with E-state index in [1.54, 1.807) is 18.7 Å². The van der Waals surface area contributed by atoms with Gasteiger partial charge in [0, 0.05) is 49.6 Å². The molecule has 4 rings (SSSR count). The van der Waals surface area contributed by atoms with Crippen molar-refractivity contribution in [3.63, 3.8) is 0 Å². The molecule has 2 heterocycles. The lowest BCUT2D eigenvalue weighted by molar-refractivity contribution is 0.0625. The van der Waals surface area contributed by atoms with Crippen molar-refractivity contribution in [3.05, 3.63) is 76.4 Å². The van der Waals surface area contributed by atoms with E-state index in [1.807, 2.05) is 41.3 Å². The minimum Gasteiger partial charge on any atom is -0.340 e. The first-order valence-electron chi connectivity index (χ1n) is 9.85. The van der Waals surface area contributed by atoms with E-state index in [1.165, 1.54) is 5.56 Å². The Bertz CT molecular complexity index is 1000. The molecule has 1 aliphatic heterocycles. The van der Waals surface area contributed by atoms with Crippen LogP contribution in [0.2, 0.25) is 5.02 Å². The van der Waals surface area contributed by atoms with Gasteiger partial charge in [-0.1, -0.05) is 41.0 Å². The van der Waals surface area contributed by atoms with Crippen LogP contribution in [0.1, 0.15) is 27.6 Å². The molecule has 0 atom stereocenters. The van der Waals surface area contributed by atoms with Crippen molar-refractivity contribution in [2.45, 2.75) is 24.1 Å². The first-order valence-corrected chi connectivity index (χ1v) is 11.2. The summed E-state index contributed by atoms with van der Waals surface area (Å²) in [5.74, 6) is 1.83. The van der Waals surface area contributed by atoms with Gasteiger partial charge in [0.05, 0.1) is 11.3 Å². The van der Waals surface area contributed by atoms with E-state index in [2.05, 4.69) is 27.2 Å². The summed E-state index contributed by atoms with van der Waals surface area (Å²) in [4.78, 5) is 22.6. The molecule has 0 bridgehead atoms. The third kappa shape index (κ3) is 5.22. The Kier molecular flexibility index (Phi) is 6.72. The zero-order valence-corrected chi connectivity index (χ0v) is 18.3. The smallest absolute Gasteiger partial charge is 0.255 e. The van der Waals surface area contributed by atoms with Crippen LogP contribution in [0.15, 0.2) is 57.9 Å². The van der Waals surface area contributed by atoms with Gasteiger partial charge in [-0.25, -0.2) is 0 Å². The molecule has 1 aromatic heterocycles. The summed E-state index contributed by atoms with van der Waals surface area (Å²) >= 11 is 7.52. The van der Waals surface area contributed by atoms with E-state index in [-0.39, 0.29) is 5.91 Å². The number of piperazine rings is 1. The van der Waals surface area contributed by atoms with Gasteiger partial charge in [0.15, 0.2) is 5.82 Å². The zero-order chi connectivity index (χ0) is 20.9. The number of amides is 1. The molecule has 3 aromatic rings. The number of hydrogen-bond donors (Lipinski definition) is 0. The highest BCUT2D eigenvalue weighted by Crippen LogP contribution is 2.27. The number of halogens is 1. The fraction of sp³-hybridized carbons (Fsp3) is 0.318. The van der Waals surface area contributed by atoms with Crippen LogP contribution in [0.5, 0.6) is 0 Å². The number of nitrogens with zero attached hydrogens (tertiary/aromatic N) is 4. The molecule has 30 heavy (non-hydrogen) atoms. The summed E-state index contributed by atoms with van der Waals surface area (Å²) < 4.78 is 5.02. The van der Waals surface area contributed by atoms with E-state index >= 15 is 0 Å². The fourth-order valence-electron chi connectivity index (χ4n) is 3.44. The third-order valence-electron chi connectivity index (χ3n) is 5.02. The topological polar surface area (TPSA) is 62.5 Å². The average molecular weight is 443 g/mol. The Morgan fingerprint density at radius 1 is 1.10 bits per heavy atom. The zero-order valence-electron chi connectivity index (χ0n) is 16.8. The van der Waals surface area contributed by atoms with E-state index in [0.29, 0.717) is 17.5 Å². The lowest BCUT2D eigenvalue weighted by Gasteiger charge is -2.35. The van der Waals surface area contributed by atoms with Crippen molar-refractivity contribution >= 4 is 29.3 Å². The Morgan fingerprint density at radius 3 is 2.53 bits per heavy atom. The van der Waals surface area contributed by atoms with Crippen LogP contribution in [0.4, 0.5) is 0 Å². The average Bonchev–Trinajstić information content (AvgIpc) is 3.19. The van der Waals surface area contributed by atoms with Gasteiger partial charge in [0.25, 0.3) is 5.91 Å². The van der Waals surface area contributed by atoms with Crippen LogP contribution in [0.25, 0.3) is 0 Å². The number of rotatable bonds is 6. The summed E-state index contributed by atoms with van der Waals surface area (Å²) in [5, 5.41) is 4.68. The first-order chi connectivity index (χ1) is 14.6. The largest absolute Gasteiger partial charge is 0.340 e. The minimum atomic E-state index is 0.0773. The number of thioether (sulfide) groups is 1. The Morgan fingerprint density at radius 2 is 1.83 bits per heavy atom. The van der Waals surface area contributed by atoms with Crippen LogP contribution in [0.3, 0.4) is 0 Å². The quantitative estimate of drug-likeness (QED) is 0.531. The maximum Gasteiger partial charge on any atom is 0.255 e. The lowest BCUT2D eigenvalue weighted by Crippen LogP contribution is -2.48. The summed E-state index contributed by atoms with van der Waals surface area (Å²) in [6, 6.07) is 15.7. The van der Waals surface area contributed by atoms with E-state index in [9.17, 15) is 4.79 Å². The predicted octanol–water partition coefficient (Wildman–Crippen LogP) is 4.28.